The van der Waals surface area contributed by atoms with Gasteiger partial charge in [-0.2, -0.15) is 0 Å². The molecule has 0 spiro atoms. The van der Waals surface area contributed by atoms with E-state index in [0.717, 1.165) is 39.4 Å². The van der Waals surface area contributed by atoms with E-state index >= 15 is 0 Å². The predicted molar refractivity (Wildman–Crippen MR) is 228 cm³/mol. The molecule has 10 aromatic carbocycles. The quantitative estimate of drug-likeness (QED) is 0.162. The minimum Gasteiger partial charge on any atom is -0.456 e. The largest absolute Gasteiger partial charge is 0.456 e. The molecule has 0 bridgehead atoms. The van der Waals surface area contributed by atoms with Crippen LogP contribution in [0, 0.1) is 0 Å². The number of fused-ring (bicyclic) bond motifs is 2. The van der Waals surface area contributed by atoms with Crippen LogP contribution in [0.5, 0.6) is 0 Å². The molecule has 0 atom stereocenters. The van der Waals surface area contributed by atoms with Crippen molar-refractivity contribution in [2.45, 2.75) is 0 Å². The zero-order valence-electron chi connectivity index (χ0n) is 29.4. The van der Waals surface area contributed by atoms with Gasteiger partial charge in [0.05, 0.1) is 0 Å². The van der Waals surface area contributed by atoms with Gasteiger partial charge in [0, 0.05) is 27.8 Å². The minimum absolute atomic E-state index is 0.928. The van der Waals surface area contributed by atoms with Crippen molar-refractivity contribution in [2.75, 3.05) is 4.90 Å². The van der Waals surface area contributed by atoms with Crippen molar-refractivity contribution in [3.63, 3.8) is 0 Å². The molecule has 0 saturated heterocycles. The summed E-state index contributed by atoms with van der Waals surface area (Å²) in [6, 6.07) is 72.3. The Morgan fingerprint density at radius 2 is 0.759 bits per heavy atom. The first kappa shape index (κ1) is 30.5. The van der Waals surface area contributed by atoms with Crippen molar-refractivity contribution in [2.24, 2.45) is 0 Å². The fraction of sp³-hybridized carbons (Fsp3) is 0. The maximum absolute atomic E-state index is 6.38. The van der Waals surface area contributed by atoms with Crippen LogP contribution < -0.4 is 4.90 Å². The SMILES string of the molecule is c1ccc2c(-c3ccc(N(c4ccc(-c5cc6ccc7cccc8oc(c5)c6c78)cc4)c4ccc(-c5cccc6ccccc56)cc4)cc3)cccc2c1. The van der Waals surface area contributed by atoms with E-state index in [0.29, 0.717) is 0 Å². The van der Waals surface area contributed by atoms with E-state index in [-0.39, 0.29) is 0 Å². The summed E-state index contributed by atoms with van der Waals surface area (Å²) in [7, 11) is 0. The molecule has 0 saturated carbocycles. The molecule has 11 rings (SSSR count). The second kappa shape index (κ2) is 12.2. The number of anilines is 3. The normalized spacial score (nSPS) is 11.7. The van der Waals surface area contributed by atoms with E-state index in [1.165, 1.54) is 65.3 Å². The van der Waals surface area contributed by atoms with Crippen molar-refractivity contribution in [3.8, 4) is 33.4 Å². The zero-order valence-corrected chi connectivity index (χ0v) is 29.4. The number of rotatable bonds is 6. The van der Waals surface area contributed by atoms with E-state index < -0.39 is 0 Å². The van der Waals surface area contributed by atoms with Crippen LogP contribution in [0.2, 0.25) is 0 Å². The Kier molecular flexibility index (Phi) is 6.90. The molecule has 0 aliphatic carbocycles. The molecule has 54 heavy (non-hydrogen) atoms. The van der Waals surface area contributed by atoms with Crippen molar-refractivity contribution in [1.29, 1.82) is 0 Å². The summed E-state index contributed by atoms with van der Waals surface area (Å²) in [5.74, 6) is 0. The molecule has 1 heterocycles. The number of nitrogens with zero attached hydrogens (tertiary/aromatic N) is 1. The summed E-state index contributed by atoms with van der Waals surface area (Å²) in [5.41, 5.74) is 12.3. The highest BCUT2D eigenvalue weighted by molar-refractivity contribution is 6.22. The highest BCUT2D eigenvalue weighted by atomic mass is 16.3. The minimum atomic E-state index is 0.928. The van der Waals surface area contributed by atoms with Crippen LogP contribution in [-0.4, -0.2) is 0 Å². The molecule has 0 unspecified atom stereocenters. The van der Waals surface area contributed by atoms with Gasteiger partial charge in [-0.05, 0) is 120 Å². The van der Waals surface area contributed by atoms with Crippen LogP contribution in [0.15, 0.2) is 205 Å². The van der Waals surface area contributed by atoms with Gasteiger partial charge in [-0.25, -0.2) is 0 Å². The smallest absolute Gasteiger partial charge is 0.136 e. The van der Waals surface area contributed by atoms with Crippen LogP contribution in [0.1, 0.15) is 0 Å². The van der Waals surface area contributed by atoms with Gasteiger partial charge in [0.1, 0.15) is 11.2 Å². The van der Waals surface area contributed by atoms with Crippen molar-refractivity contribution >= 4 is 71.3 Å². The Bertz CT molecular complexity index is 3000. The number of hydrogen-bond acceptors (Lipinski definition) is 2. The van der Waals surface area contributed by atoms with Gasteiger partial charge in [-0.1, -0.05) is 146 Å². The van der Waals surface area contributed by atoms with Crippen LogP contribution in [-0.2, 0) is 0 Å². The first-order valence-electron chi connectivity index (χ1n) is 18.5. The number of benzene rings is 10. The fourth-order valence-electron chi connectivity index (χ4n) is 8.41. The van der Waals surface area contributed by atoms with E-state index in [2.05, 4.69) is 205 Å². The molecule has 11 aromatic rings. The van der Waals surface area contributed by atoms with Gasteiger partial charge in [0.15, 0.2) is 0 Å². The molecule has 0 N–H and O–H groups in total. The van der Waals surface area contributed by atoms with Gasteiger partial charge in [-0.3, -0.25) is 0 Å². The van der Waals surface area contributed by atoms with E-state index in [4.69, 9.17) is 4.42 Å². The van der Waals surface area contributed by atoms with Gasteiger partial charge >= 0.3 is 0 Å². The molecule has 0 amide bonds. The Morgan fingerprint density at radius 3 is 1.35 bits per heavy atom. The lowest BCUT2D eigenvalue weighted by Crippen LogP contribution is -2.09. The summed E-state index contributed by atoms with van der Waals surface area (Å²) in [6.07, 6.45) is 0. The summed E-state index contributed by atoms with van der Waals surface area (Å²) >= 11 is 0. The molecule has 0 radical (unpaired) electrons. The third-order valence-corrected chi connectivity index (χ3v) is 11.0. The second-order valence-corrected chi connectivity index (χ2v) is 14.1. The standard InChI is InChI=1S/C52H33NO/c1-3-13-45-35(8-1)10-5-15-47(45)37-22-28-43(29-23-37)53(44-30-24-38(25-31-44)48-16-6-11-36-9-2-4-14-46(36)48)42-26-20-34(21-27-42)41-32-40-19-18-39-12-7-17-49-51(39)52(40)50(33-41)54-49/h1-33H. The number of hydrogen-bond donors (Lipinski definition) is 0. The first-order valence-corrected chi connectivity index (χ1v) is 18.5. The molecule has 0 aliphatic rings. The maximum Gasteiger partial charge on any atom is 0.136 e. The van der Waals surface area contributed by atoms with Crippen LogP contribution in [0.3, 0.4) is 0 Å². The summed E-state index contributed by atoms with van der Waals surface area (Å²) in [4.78, 5) is 2.35. The Hall–Kier alpha value is -7.16. The highest BCUT2D eigenvalue weighted by Gasteiger charge is 2.17. The van der Waals surface area contributed by atoms with Gasteiger partial charge in [-0.15, -0.1) is 0 Å². The predicted octanol–water partition coefficient (Wildman–Crippen LogP) is 15.0. The Morgan fingerprint density at radius 1 is 0.296 bits per heavy atom. The molecular weight excluding hydrogens is 655 g/mol. The monoisotopic (exact) mass is 687 g/mol. The van der Waals surface area contributed by atoms with Crippen LogP contribution >= 0.6 is 0 Å². The number of furan rings is 1. The van der Waals surface area contributed by atoms with E-state index in [1.807, 2.05) is 0 Å². The first-order chi connectivity index (χ1) is 26.7. The summed E-state index contributed by atoms with van der Waals surface area (Å²) < 4.78 is 6.38. The molecule has 1 aromatic heterocycles. The summed E-state index contributed by atoms with van der Waals surface area (Å²) in [5, 5.41) is 9.84. The topological polar surface area (TPSA) is 16.4 Å². The third kappa shape index (κ3) is 4.96. The Balaban J connectivity index is 0.999. The van der Waals surface area contributed by atoms with E-state index in [9.17, 15) is 0 Å². The molecule has 252 valence electrons. The van der Waals surface area contributed by atoms with Gasteiger partial charge in [0.25, 0.3) is 0 Å². The van der Waals surface area contributed by atoms with Crippen molar-refractivity contribution in [1.82, 2.24) is 0 Å². The van der Waals surface area contributed by atoms with Crippen LogP contribution in [0.25, 0.3) is 87.6 Å². The lowest BCUT2D eigenvalue weighted by atomic mass is 9.97. The molecule has 2 nitrogen and oxygen atoms in total. The third-order valence-electron chi connectivity index (χ3n) is 11.0. The molecule has 0 aliphatic heterocycles. The highest BCUT2D eigenvalue weighted by Crippen LogP contribution is 2.42. The molecule has 2 heteroatoms. The average molecular weight is 688 g/mol. The van der Waals surface area contributed by atoms with Crippen LogP contribution in [0.4, 0.5) is 17.1 Å². The fourth-order valence-corrected chi connectivity index (χ4v) is 8.41. The average Bonchev–Trinajstić information content (AvgIpc) is 3.63. The van der Waals surface area contributed by atoms with Gasteiger partial charge in [0.2, 0.25) is 0 Å². The Labute approximate surface area is 313 Å². The summed E-state index contributed by atoms with van der Waals surface area (Å²) in [6.45, 7) is 0. The molecular formula is C52H33NO. The van der Waals surface area contributed by atoms with Crippen molar-refractivity contribution in [3.05, 3.63) is 200 Å². The lowest BCUT2D eigenvalue weighted by Gasteiger charge is -2.26. The second-order valence-electron chi connectivity index (χ2n) is 14.1. The zero-order chi connectivity index (χ0) is 35.6. The maximum atomic E-state index is 6.38. The van der Waals surface area contributed by atoms with Gasteiger partial charge < -0.3 is 9.32 Å². The van der Waals surface area contributed by atoms with Crippen molar-refractivity contribution < 1.29 is 4.42 Å². The lowest BCUT2D eigenvalue weighted by molar-refractivity contribution is 0.669. The molecule has 0 fully saturated rings. The van der Waals surface area contributed by atoms with E-state index in [1.54, 1.807) is 0 Å².